The second-order valence-electron chi connectivity index (χ2n) is 7.98. The van der Waals surface area contributed by atoms with Gasteiger partial charge in [-0.15, -0.1) is 0 Å². The number of halogens is 1. The molecule has 0 unspecified atom stereocenters. The topological polar surface area (TPSA) is 44.4 Å². The molecular formula is C20H23ClN4OSi. The minimum Gasteiger partial charge on any atom is -0.361 e. The van der Waals surface area contributed by atoms with Gasteiger partial charge in [0.2, 0.25) is 0 Å². The average molecular weight is 399 g/mol. The van der Waals surface area contributed by atoms with Crippen molar-refractivity contribution in [2.24, 2.45) is 0 Å². The van der Waals surface area contributed by atoms with Crippen molar-refractivity contribution in [3.05, 3.63) is 54.2 Å². The van der Waals surface area contributed by atoms with Crippen LogP contribution >= 0.6 is 11.6 Å². The predicted octanol–water partition coefficient (Wildman–Crippen LogP) is 5.32. The second kappa shape index (κ2) is 7.11. The number of imidazole rings is 1. The molecule has 0 saturated heterocycles. The molecule has 0 saturated carbocycles. The molecule has 5 nitrogen and oxygen atoms in total. The number of fused-ring (bicyclic) bond motifs is 2. The number of pyridine rings is 2. The highest BCUT2D eigenvalue weighted by Crippen LogP contribution is 2.31. The van der Waals surface area contributed by atoms with Crippen molar-refractivity contribution in [2.75, 3.05) is 6.61 Å². The Kier molecular flexibility index (Phi) is 4.80. The minimum atomic E-state index is -1.10. The van der Waals surface area contributed by atoms with E-state index in [0.29, 0.717) is 11.9 Å². The number of rotatable bonds is 6. The van der Waals surface area contributed by atoms with Crippen LogP contribution in [0, 0.1) is 0 Å². The van der Waals surface area contributed by atoms with Gasteiger partial charge in [0.1, 0.15) is 23.2 Å². The summed E-state index contributed by atoms with van der Waals surface area (Å²) in [6, 6.07) is 9.11. The van der Waals surface area contributed by atoms with Gasteiger partial charge in [-0.1, -0.05) is 31.2 Å². The van der Waals surface area contributed by atoms with Gasteiger partial charge in [-0.25, -0.2) is 9.97 Å². The van der Waals surface area contributed by atoms with E-state index in [2.05, 4.69) is 48.1 Å². The van der Waals surface area contributed by atoms with Gasteiger partial charge >= 0.3 is 0 Å². The van der Waals surface area contributed by atoms with Crippen molar-refractivity contribution in [3.8, 4) is 11.1 Å². The molecule has 4 aromatic rings. The molecule has 0 bridgehead atoms. The number of hydrogen-bond donors (Lipinski definition) is 0. The summed E-state index contributed by atoms with van der Waals surface area (Å²) in [5.41, 5.74) is 3.99. The summed E-state index contributed by atoms with van der Waals surface area (Å²) in [6.07, 6.45) is 7.94. The zero-order valence-corrected chi connectivity index (χ0v) is 17.6. The van der Waals surface area contributed by atoms with E-state index >= 15 is 0 Å². The number of ether oxygens (including phenoxy) is 1. The second-order valence-corrected chi connectivity index (χ2v) is 14.0. The van der Waals surface area contributed by atoms with Crippen LogP contribution in [0.2, 0.25) is 30.8 Å². The largest absolute Gasteiger partial charge is 0.361 e. The summed E-state index contributed by atoms with van der Waals surface area (Å²) < 4.78 is 10.0. The first-order chi connectivity index (χ1) is 12.9. The monoisotopic (exact) mass is 398 g/mol. The predicted molar refractivity (Wildman–Crippen MR) is 113 cm³/mol. The third-order valence-electron chi connectivity index (χ3n) is 4.61. The lowest BCUT2D eigenvalue weighted by Gasteiger charge is -2.15. The van der Waals surface area contributed by atoms with E-state index in [-0.39, 0.29) is 0 Å². The standard InChI is InChI=1S/C20H23ClN4OSi/c1-27(2,3)11-10-26-14-25-13-17(16-5-6-18(21)23-20(16)25)15-4-7-19-22-8-9-24(19)12-15/h4-9,12-13H,10-11,14H2,1-3H3. The molecule has 0 atom stereocenters. The lowest BCUT2D eigenvalue weighted by Crippen LogP contribution is -2.22. The first-order valence-electron chi connectivity index (χ1n) is 9.07. The zero-order chi connectivity index (χ0) is 19.0. The molecule has 140 valence electrons. The van der Waals surface area contributed by atoms with E-state index < -0.39 is 8.07 Å². The van der Waals surface area contributed by atoms with Gasteiger partial charge in [0.25, 0.3) is 0 Å². The van der Waals surface area contributed by atoms with Crippen molar-refractivity contribution in [3.63, 3.8) is 0 Å². The molecule has 4 rings (SSSR count). The van der Waals surface area contributed by atoms with Gasteiger partial charge in [0, 0.05) is 56.0 Å². The Morgan fingerprint density at radius 2 is 1.96 bits per heavy atom. The fraction of sp³-hybridized carbons (Fsp3) is 0.300. The summed E-state index contributed by atoms with van der Waals surface area (Å²) in [5.74, 6) is 0. The van der Waals surface area contributed by atoms with Crippen LogP contribution in [-0.2, 0) is 11.5 Å². The fourth-order valence-electron chi connectivity index (χ4n) is 3.09. The van der Waals surface area contributed by atoms with Gasteiger partial charge in [-0.05, 0) is 30.3 Å². The van der Waals surface area contributed by atoms with Crippen LogP contribution in [0.15, 0.2) is 49.1 Å². The maximum atomic E-state index is 6.16. The van der Waals surface area contributed by atoms with Crippen LogP contribution in [0.5, 0.6) is 0 Å². The molecule has 0 radical (unpaired) electrons. The van der Waals surface area contributed by atoms with Crippen molar-refractivity contribution in [1.82, 2.24) is 18.9 Å². The van der Waals surface area contributed by atoms with Gasteiger partial charge in [-0.3, -0.25) is 0 Å². The van der Waals surface area contributed by atoms with E-state index in [9.17, 15) is 0 Å². The Morgan fingerprint density at radius 3 is 2.78 bits per heavy atom. The summed E-state index contributed by atoms with van der Waals surface area (Å²) >= 11 is 6.16. The fourth-order valence-corrected chi connectivity index (χ4v) is 3.99. The highest BCUT2D eigenvalue weighted by molar-refractivity contribution is 6.76. The molecule has 0 N–H and O–H groups in total. The van der Waals surface area contributed by atoms with E-state index in [1.807, 2.05) is 33.4 Å². The quantitative estimate of drug-likeness (QED) is 0.251. The third kappa shape index (κ3) is 3.93. The Morgan fingerprint density at radius 1 is 1.11 bits per heavy atom. The number of nitrogens with zero attached hydrogens (tertiary/aromatic N) is 4. The number of aromatic nitrogens is 4. The van der Waals surface area contributed by atoms with E-state index in [4.69, 9.17) is 16.3 Å². The molecule has 0 fully saturated rings. The Hall–Kier alpha value is -2.15. The van der Waals surface area contributed by atoms with Crippen molar-refractivity contribution < 1.29 is 4.74 Å². The molecule has 27 heavy (non-hydrogen) atoms. The van der Waals surface area contributed by atoms with Crippen molar-refractivity contribution >= 4 is 36.4 Å². The van der Waals surface area contributed by atoms with Gasteiger partial charge < -0.3 is 13.7 Å². The summed E-state index contributed by atoms with van der Waals surface area (Å²) in [7, 11) is -1.10. The van der Waals surface area contributed by atoms with Gasteiger partial charge in [0.05, 0.1) is 0 Å². The van der Waals surface area contributed by atoms with Crippen LogP contribution in [0.1, 0.15) is 0 Å². The van der Waals surface area contributed by atoms with Crippen LogP contribution in [0.25, 0.3) is 27.8 Å². The molecule has 4 heterocycles. The molecule has 7 heteroatoms. The average Bonchev–Trinajstić information content (AvgIpc) is 3.21. The smallest absolute Gasteiger partial charge is 0.144 e. The lowest BCUT2D eigenvalue weighted by molar-refractivity contribution is 0.0899. The SMILES string of the molecule is C[Si](C)(C)CCOCn1cc(-c2ccc3nccn3c2)c2ccc(Cl)nc21. The first kappa shape index (κ1) is 18.2. The molecule has 0 spiro atoms. The molecule has 0 amide bonds. The molecule has 0 aliphatic heterocycles. The van der Waals surface area contributed by atoms with E-state index in [1.54, 1.807) is 6.20 Å². The van der Waals surface area contributed by atoms with Crippen molar-refractivity contribution in [2.45, 2.75) is 32.4 Å². The Bertz CT molecular complexity index is 1100. The molecule has 0 aliphatic carbocycles. The van der Waals surface area contributed by atoms with E-state index in [0.717, 1.165) is 40.5 Å². The molecule has 0 aliphatic rings. The van der Waals surface area contributed by atoms with Crippen molar-refractivity contribution in [1.29, 1.82) is 0 Å². The van der Waals surface area contributed by atoms with Gasteiger partial charge in [-0.2, -0.15) is 0 Å². The minimum absolute atomic E-state index is 0.474. The first-order valence-corrected chi connectivity index (χ1v) is 13.2. The highest BCUT2D eigenvalue weighted by Gasteiger charge is 2.15. The third-order valence-corrected chi connectivity index (χ3v) is 6.53. The Balaban J connectivity index is 1.68. The maximum Gasteiger partial charge on any atom is 0.144 e. The number of hydrogen-bond acceptors (Lipinski definition) is 3. The molecule has 4 aromatic heterocycles. The van der Waals surface area contributed by atoms with Crippen LogP contribution in [-0.4, -0.2) is 33.6 Å². The van der Waals surface area contributed by atoms with Crippen LogP contribution in [0.3, 0.4) is 0 Å². The van der Waals surface area contributed by atoms with Gasteiger partial charge in [0.15, 0.2) is 0 Å². The molecule has 0 aromatic carbocycles. The normalized spacial score (nSPS) is 12.3. The maximum absolute atomic E-state index is 6.16. The van der Waals surface area contributed by atoms with E-state index in [1.165, 1.54) is 0 Å². The summed E-state index contributed by atoms with van der Waals surface area (Å²) in [6.45, 7) is 8.31. The van der Waals surface area contributed by atoms with Crippen LogP contribution < -0.4 is 0 Å². The zero-order valence-electron chi connectivity index (χ0n) is 15.8. The summed E-state index contributed by atoms with van der Waals surface area (Å²) in [5, 5.41) is 1.55. The highest BCUT2D eigenvalue weighted by atomic mass is 35.5. The Labute approximate surface area is 164 Å². The van der Waals surface area contributed by atoms with Crippen LogP contribution in [0.4, 0.5) is 0 Å². The lowest BCUT2D eigenvalue weighted by atomic mass is 10.1. The summed E-state index contributed by atoms with van der Waals surface area (Å²) in [4.78, 5) is 8.85. The molecular weight excluding hydrogens is 376 g/mol.